The van der Waals surface area contributed by atoms with E-state index in [1.54, 1.807) is 18.4 Å². The first-order valence-electron chi connectivity index (χ1n) is 7.16. The van der Waals surface area contributed by atoms with Crippen LogP contribution in [0.15, 0.2) is 47.2 Å². The van der Waals surface area contributed by atoms with Crippen molar-refractivity contribution in [3.63, 3.8) is 0 Å². The summed E-state index contributed by atoms with van der Waals surface area (Å²) in [5.41, 5.74) is 2.86. The summed E-state index contributed by atoms with van der Waals surface area (Å²) in [7, 11) is 1.81. The van der Waals surface area contributed by atoms with Crippen molar-refractivity contribution in [2.75, 3.05) is 20.2 Å². The molecule has 0 aliphatic carbocycles. The van der Waals surface area contributed by atoms with Crippen LogP contribution in [0.3, 0.4) is 0 Å². The molecule has 0 saturated heterocycles. The Labute approximate surface area is 145 Å². The van der Waals surface area contributed by atoms with Crippen LogP contribution < -0.4 is 10.1 Å². The van der Waals surface area contributed by atoms with Crippen molar-refractivity contribution in [2.24, 2.45) is 0 Å². The Morgan fingerprint density at radius 1 is 1.30 bits per heavy atom. The lowest BCUT2D eigenvalue weighted by molar-refractivity contribution is 0.109. The van der Waals surface area contributed by atoms with E-state index in [1.807, 2.05) is 41.8 Å². The van der Waals surface area contributed by atoms with Crippen LogP contribution in [0.4, 0.5) is 0 Å². The van der Waals surface area contributed by atoms with Crippen LogP contribution in [-0.4, -0.2) is 36.4 Å². The van der Waals surface area contributed by atoms with Gasteiger partial charge in [-0.05, 0) is 30.6 Å². The second-order valence-electron chi connectivity index (χ2n) is 5.06. The lowest BCUT2D eigenvalue weighted by atomic mass is 10.1. The van der Waals surface area contributed by atoms with Gasteiger partial charge in [0.25, 0.3) is 0 Å². The Balaban J connectivity index is 0.00000192. The van der Waals surface area contributed by atoms with Gasteiger partial charge in [-0.25, -0.2) is 4.98 Å². The number of pyridine rings is 1. The van der Waals surface area contributed by atoms with Crippen LogP contribution in [-0.2, 0) is 0 Å². The number of aliphatic hydroxyl groups is 1. The fraction of sp³-hybridized carbons (Fsp3) is 0.235. The van der Waals surface area contributed by atoms with Crippen molar-refractivity contribution >= 4 is 34.6 Å². The highest BCUT2D eigenvalue weighted by molar-refractivity contribution is 7.08. The Morgan fingerprint density at radius 2 is 2.13 bits per heavy atom. The molecule has 0 spiro atoms. The Hall–Kier alpha value is -1.66. The van der Waals surface area contributed by atoms with Crippen LogP contribution in [0.2, 0.25) is 0 Å². The van der Waals surface area contributed by atoms with Crippen molar-refractivity contribution in [2.45, 2.75) is 6.10 Å². The van der Waals surface area contributed by atoms with Gasteiger partial charge in [-0.15, -0.1) is 12.4 Å². The summed E-state index contributed by atoms with van der Waals surface area (Å²) < 4.78 is 5.85. The first kappa shape index (κ1) is 17.7. The molecule has 0 aliphatic rings. The van der Waals surface area contributed by atoms with Crippen LogP contribution in [0, 0.1) is 0 Å². The normalized spacial score (nSPS) is 11.9. The molecule has 0 bridgehead atoms. The van der Waals surface area contributed by atoms with E-state index in [-0.39, 0.29) is 19.0 Å². The first-order chi connectivity index (χ1) is 10.8. The number of nitrogens with one attached hydrogen (secondary N) is 1. The standard InChI is InChI=1S/C17H18N2O2S.ClH/c1-18-9-13(20)10-21-17-8-16(12-6-7-22-11-12)19-15-5-3-2-4-14(15)17;/h2-8,11,13,18,20H,9-10H2,1H3;1H/t13-;/m0./s1. The van der Waals surface area contributed by atoms with E-state index in [0.717, 1.165) is 27.9 Å². The fourth-order valence-corrected chi connectivity index (χ4v) is 2.95. The predicted molar refractivity (Wildman–Crippen MR) is 97.7 cm³/mol. The van der Waals surface area contributed by atoms with Gasteiger partial charge in [0.2, 0.25) is 0 Å². The summed E-state index contributed by atoms with van der Waals surface area (Å²) >= 11 is 1.64. The predicted octanol–water partition coefficient (Wildman–Crippen LogP) is 3.34. The van der Waals surface area contributed by atoms with Crippen molar-refractivity contribution in [1.82, 2.24) is 10.3 Å². The minimum absolute atomic E-state index is 0. The zero-order valence-electron chi connectivity index (χ0n) is 12.7. The number of hydrogen-bond acceptors (Lipinski definition) is 5. The van der Waals surface area contributed by atoms with Crippen molar-refractivity contribution in [3.05, 3.63) is 47.2 Å². The van der Waals surface area contributed by atoms with Gasteiger partial charge >= 0.3 is 0 Å². The number of nitrogens with zero attached hydrogens (tertiary/aromatic N) is 1. The third kappa shape index (κ3) is 4.20. The third-order valence-electron chi connectivity index (χ3n) is 3.37. The zero-order chi connectivity index (χ0) is 15.4. The molecule has 3 aromatic rings. The Kier molecular flexibility index (Phi) is 6.36. The minimum atomic E-state index is -0.540. The van der Waals surface area contributed by atoms with Crippen molar-refractivity contribution in [3.8, 4) is 17.0 Å². The molecule has 0 unspecified atom stereocenters. The smallest absolute Gasteiger partial charge is 0.131 e. The molecular formula is C17H19ClN2O2S. The number of halogens is 1. The Morgan fingerprint density at radius 3 is 2.87 bits per heavy atom. The summed E-state index contributed by atoms with van der Waals surface area (Å²) in [6, 6.07) is 11.9. The minimum Gasteiger partial charge on any atom is -0.490 e. The number of ether oxygens (including phenoxy) is 1. The number of likely N-dealkylation sites (N-methyl/N-ethyl adjacent to an activating group) is 1. The highest BCUT2D eigenvalue weighted by Gasteiger charge is 2.10. The SMILES string of the molecule is CNC[C@H](O)COc1cc(-c2ccsc2)nc2ccccc12.Cl. The molecule has 2 N–H and O–H groups in total. The average molecular weight is 351 g/mol. The van der Waals surface area contributed by atoms with E-state index in [2.05, 4.69) is 10.7 Å². The van der Waals surface area contributed by atoms with E-state index in [1.165, 1.54) is 0 Å². The van der Waals surface area contributed by atoms with Gasteiger partial charge in [0.15, 0.2) is 0 Å². The van der Waals surface area contributed by atoms with Gasteiger partial charge in [0.1, 0.15) is 18.5 Å². The Bertz CT molecular complexity index is 749. The lowest BCUT2D eigenvalue weighted by Gasteiger charge is -2.14. The van der Waals surface area contributed by atoms with E-state index in [4.69, 9.17) is 9.72 Å². The summed E-state index contributed by atoms with van der Waals surface area (Å²) in [6.07, 6.45) is -0.540. The number of hydrogen-bond donors (Lipinski definition) is 2. The van der Waals surface area contributed by atoms with E-state index in [0.29, 0.717) is 6.54 Å². The van der Waals surface area contributed by atoms with Crippen LogP contribution >= 0.6 is 23.7 Å². The molecule has 23 heavy (non-hydrogen) atoms. The van der Waals surface area contributed by atoms with Crippen LogP contribution in [0.25, 0.3) is 22.2 Å². The van der Waals surface area contributed by atoms with Crippen LogP contribution in [0.1, 0.15) is 0 Å². The molecule has 0 fully saturated rings. The maximum atomic E-state index is 9.83. The molecule has 0 amide bonds. The number of aromatic nitrogens is 1. The van der Waals surface area contributed by atoms with Gasteiger partial charge in [0.05, 0.1) is 11.2 Å². The van der Waals surface area contributed by atoms with Crippen molar-refractivity contribution in [1.29, 1.82) is 0 Å². The molecule has 2 aromatic heterocycles. The van der Waals surface area contributed by atoms with Gasteiger partial charge in [-0.1, -0.05) is 12.1 Å². The largest absolute Gasteiger partial charge is 0.490 e. The van der Waals surface area contributed by atoms with E-state index in [9.17, 15) is 5.11 Å². The molecule has 0 radical (unpaired) electrons. The van der Waals surface area contributed by atoms with Gasteiger partial charge < -0.3 is 15.2 Å². The van der Waals surface area contributed by atoms with Crippen LogP contribution in [0.5, 0.6) is 5.75 Å². The summed E-state index contributed by atoms with van der Waals surface area (Å²) in [5.74, 6) is 0.752. The molecule has 122 valence electrons. The summed E-state index contributed by atoms with van der Waals surface area (Å²) in [5, 5.41) is 17.8. The highest BCUT2D eigenvalue weighted by atomic mass is 35.5. The number of rotatable bonds is 6. The number of aliphatic hydroxyl groups excluding tert-OH is 1. The molecule has 0 aliphatic heterocycles. The number of benzene rings is 1. The first-order valence-corrected chi connectivity index (χ1v) is 8.10. The maximum Gasteiger partial charge on any atom is 0.131 e. The van der Waals surface area contributed by atoms with E-state index < -0.39 is 6.10 Å². The van der Waals surface area contributed by atoms with Gasteiger partial charge in [-0.3, -0.25) is 0 Å². The summed E-state index contributed by atoms with van der Waals surface area (Å²) in [4.78, 5) is 4.69. The monoisotopic (exact) mass is 350 g/mol. The molecule has 3 rings (SSSR count). The molecule has 4 nitrogen and oxygen atoms in total. The van der Waals surface area contributed by atoms with Crippen molar-refractivity contribution < 1.29 is 9.84 Å². The fourth-order valence-electron chi connectivity index (χ4n) is 2.30. The second kappa shape index (κ2) is 8.26. The summed E-state index contributed by atoms with van der Waals surface area (Å²) in [6.45, 7) is 0.748. The molecular weight excluding hydrogens is 332 g/mol. The average Bonchev–Trinajstić information content (AvgIpc) is 3.07. The number of para-hydroxylation sites is 1. The number of fused-ring (bicyclic) bond motifs is 1. The third-order valence-corrected chi connectivity index (χ3v) is 4.05. The van der Waals surface area contributed by atoms with Gasteiger partial charge in [-0.2, -0.15) is 11.3 Å². The van der Waals surface area contributed by atoms with Gasteiger partial charge in [0, 0.05) is 28.9 Å². The molecule has 1 aromatic carbocycles. The lowest BCUT2D eigenvalue weighted by Crippen LogP contribution is -2.29. The number of thiophene rings is 1. The molecule has 6 heteroatoms. The topological polar surface area (TPSA) is 54.4 Å². The maximum absolute atomic E-state index is 9.83. The zero-order valence-corrected chi connectivity index (χ0v) is 14.4. The molecule has 2 heterocycles. The quantitative estimate of drug-likeness (QED) is 0.716. The molecule has 0 saturated carbocycles. The second-order valence-corrected chi connectivity index (χ2v) is 5.84. The highest BCUT2D eigenvalue weighted by Crippen LogP contribution is 2.30. The van der Waals surface area contributed by atoms with E-state index >= 15 is 0 Å². The molecule has 1 atom stereocenters.